The Balaban J connectivity index is 2.11. The second-order valence-corrected chi connectivity index (χ2v) is 4.66. The van der Waals surface area contributed by atoms with E-state index in [4.69, 9.17) is 5.73 Å². The van der Waals surface area contributed by atoms with E-state index in [1.54, 1.807) is 17.9 Å². The van der Waals surface area contributed by atoms with Gasteiger partial charge in [0.25, 0.3) is 0 Å². The third-order valence-electron chi connectivity index (χ3n) is 2.37. The van der Waals surface area contributed by atoms with Gasteiger partial charge in [0.15, 0.2) is 0 Å². The predicted octanol–water partition coefficient (Wildman–Crippen LogP) is 1.17. The number of tetrazole rings is 1. The second kappa shape index (κ2) is 5.24. The third-order valence-corrected chi connectivity index (χ3v) is 3.37. The van der Waals surface area contributed by atoms with E-state index in [0.717, 1.165) is 22.2 Å². The number of aromatic nitrogens is 5. The maximum atomic E-state index is 5.90. The molecular formula is C10H14N6S. The zero-order chi connectivity index (χ0) is 12.3. The highest BCUT2D eigenvalue weighted by atomic mass is 32.2. The highest BCUT2D eigenvalue weighted by Gasteiger charge is 2.07. The average Bonchev–Trinajstić information content (AvgIpc) is 2.75. The van der Waals surface area contributed by atoms with Crippen LogP contribution in [-0.4, -0.2) is 25.2 Å². The summed E-state index contributed by atoms with van der Waals surface area (Å²) in [5, 5.41) is 12.0. The molecule has 0 aliphatic rings. The summed E-state index contributed by atoms with van der Waals surface area (Å²) in [6.07, 6.45) is 2.68. The summed E-state index contributed by atoms with van der Waals surface area (Å²) < 4.78 is 1.62. The number of nitrogens with zero attached hydrogens (tertiary/aromatic N) is 5. The van der Waals surface area contributed by atoms with Gasteiger partial charge in [-0.1, -0.05) is 6.92 Å². The maximum Gasteiger partial charge on any atom is 0.213 e. The van der Waals surface area contributed by atoms with Gasteiger partial charge in [-0.15, -0.1) is 5.10 Å². The zero-order valence-electron chi connectivity index (χ0n) is 9.74. The van der Waals surface area contributed by atoms with Gasteiger partial charge in [-0.3, -0.25) is 4.98 Å². The number of hydrogen-bond donors (Lipinski definition) is 1. The Kier molecular flexibility index (Phi) is 3.70. The quantitative estimate of drug-likeness (QED) is 0.877. The van der Waals surface area contributed by atoms with Crippen molar-refractivity contribution in [2.24, 2.45) is 12.8 Å². The first-order chi connectivity index (χ1) is 8.20. The summed E-state index contributed by atoms with van der Waals surface area (Å²) in [5.74, 6) is 0. The Morgan fingerprint density at radius 3 is 2.82 bits per heavy atom. The Morgan fingerprint density at radius 2 is 2.29 bits per heavy atom. The molecule has 2 aromatic heterocycles. The fourth-order valence-electron chi connectivity index (χ4n) is 1.29. The summed E-state index contributed by atoms with van der Waals surface area (Å²) in [6, 6.07) is 3.93. The Labute approximate surface area is 104 Å². The molecule has 0 amide bonds. The van der Waals surface area contributed by atoms with Gasteiger partial charge in [-0.25, -0.2) is 4.68 Å². The number of pyridine rings is 1. The van der Waals surface area contributed by atoms with Crippen LogP contribution in [0, 0.1) is 0 Å². The van der Waals surface area contributed by atoms with E-state index in [9.17, 15) is 0 Å². The van der Waals surface area contributed by atoms with Gasteiger partial charge in [0, 0.05) is 24.2 Å². The Hall–Kier alpha value is -1.47. The molecule has 17 heavy (non-hydrogen) atoms. The molecule has 0 aromatic carbocycles. The van der Waals surface area contributed by atoms with Crippen molar-refractivity contribution < 1.29 is 0 Å². The van der Waals surface area contributed by atoms with Gasteiger partial charge in [0.1, 0.15) is 0 Å². The Morgan fingerprint density at radius 1 is 1.47 bits per heavy atom. The van der Waals surface area contributed by atoms with E-state index in [1.807, 2.05) is 19.1 Å². The van der Waals surface area contributed by atoms with Crippen LogP contribution in [0.25, 0.3) is 0 Å². The van der Waals surface area contributed by atoms with Crippen molar-refractivity contribution in [1.82, 2.24) is 25.2 Å². The maximum absolute atomic E-state index is 5.90. The number of hydrogen-bond acceptors (Lipinski definition) is 6. The fraction of sp³-hybridized carbons (Fsp3) is 0.400. The van der Waals surface area contributed by atoms with Crippen LogP contribution < -0.4 is 5.73 Å². The van der Waals surface area contributed by atoms with Gasteiger partial charge in [-0.05, 0) is 40.7 Å². The minimum absolute atomic E-state index is 0.00513. The molecule has 2 N–H and O–H groups in total. The lowest BCUT2D eigenvalue weighted by Gasteiger charge is -2.08. The molecule has 0 saturated carbocycles. The van der Waals surface area contributed by atoms with Gasteiger partial charge < -0.3 is 5.73 Å². The molecule has 0 aliphatic carbocycles. The van der Waals surface area contributed by atoms with E-state index >= 15 is 0 Å². The molecule has 6 nitrogen and oxygen atoms in total. The minimum atomic E-state index is 0.00513. The molecule has 2 rings (SSSR count). The molecule has 2 heterocycles. The lowest BCUT2D eigenvalue weighted by atomic mass is 10.1. The van der Waals surface area contributed by atoms with E-state index in [0.29, 0.717) is 0 Å². The number of rotatable bonds is 4. The second-order valence-electron chi connectivity index (χ2n) is 3.62. The molecule has 7 heteroatoms. The topological polar surface area (TPSA) is 82.5 Å². The van der Waals surface area contributed by atoms with Crippen molar-refractivity contribution in [2.45, 2.75) is 29.4 Å². The summed E-state index contributed by atoms with van der Waals surface area (Å²) in [6.45, 7) is 2.04. The SMILES string of the molecule is CC[C@H](N)c1ccc(Sc2nnnn2C)cn1. The first-order valence-corrected chi connectivity index (χ1v) is 6.14. The molecule has 0 radical (unpaired) electrons. The number of nitrogens with two attached hydrogens (primary N) is 1. The van der Waals surface area contributed by atoms with Crippen molar-refractivity contribution in [3.63, 3.8) is 0 Å². The third kappa shape index (κ3) is 2.80. The van der Waals surface area contributed by atoms with Crippen LogP contribution >= 0.6 is 11.8 Å². The first-order valence-electron chi connectivity index (χ1n) is 5.32. The lowest BCUT2D eigenvalue weighted by molar-refractivity contribution is 0.664. The van der Waals surface area contributed by atoms with Crippen molar-refractivity contribution >= 4 is 11.8 Å². The normalized spacial score (nSPS) is 12.6. The van der Waals surface area contributed by atoms with Gasteiger partial charge in [0.2, 0.25) is 5.16 Å². The average molecular weight is 250 g/mol. The van der Waals surface area contributed by atoms with E-state index < -0.39 is 0 Å². The van der Waals surface area contributed by atoms with Crippen molar-refractivity contribution in [2.75, 3.05) is 0 Å². The predicted molar refractivity (Wildman–Crippen MR) is 64.4 cm³/mol. The molecule has 0 bridgehead atoms. The molecule has 2 aromatic rings. The van der Waals surface area contributed by atoms with Crippen LogP contribution in [0.4, 0.5) is 0 Å². The first kappa shape index (κ1) is 12.0. The van der Waals surface area contributed by atoms with E-state index in [1.165, 1.54) is 11.8 Å². The van der Waals surface area contributed by atoms with Crippen LogP contribution in [0.2, 0.25) is 0 Å². The van der Waals surface area contributed by atoms with E-state index in [-0.39, 0.29) is 6.04 Å². The highest BCUT2D eigenvalue weighted by molar-refractivity contribution is 7.99. The van der Waals surface area contributed by atoms with Gasteiger partial charge >= 0.3 is 0 Å². The molecule has 0 fully saturated rings. The zero-order valence-corrected chi connectivity index (χ0v) is 10.6. The van der Waals surface area contributed by atoms with Crippen LogP contribution in [0.1, 0.15) is 25.1 Å². The number of aryl methyl sites for hydroxylation is 1. The molecule has 0 unspecified atom stereocenters. The van der Waals surface area contributed by atoms with Crippen LogP contribution in [0.15, 0.2) is 28.4 Å². The smallest absolute Gasteiger partial charge is 0.213 e. The molecule has 0 spiro atoms. The standard InChI is InChI=1S/C10H14N6S/c1-3-8(11)9-5-4-7(6-12-9)17-10-13-14-15-16(10)2/h4-6,8H,3,11H2,1-2H3/t8-/m0/s1. The van der Waals surface area contributed by atoms with Gasteiger partial charge in [-0.2, -0.15) is 0 Å². The van der Waals surface area contributed by atoms with E-state index in [2.05, 4.69) is 20.5 Å². The minimum Gasteiger partial charge on any atom is -0.323 e. The molecular weight excluding hydrogens is 236 g/mol. The van der Waals surface area contributed by atoms with Crippen LogP contribution in [-0.2, 0) is 7.05 Å². The lowest BCUT2D eigenvalue weighted by Crippen LogP contribution is -2.10. The summed E-state index contributed by atoms with van der Waals surface area (Å²) in [7, 11) is 1.80. The van der Waals surface area contributed by atoms with Crippen LogP contribution in [0.5, 0.6) is 0 Å². The van der Waals surface area contributed by atoms with Crippen molar-refractivity contribution in [1.29, 1.82) is 0 Å². The van der Waals surface area contributed by atoms with Gasteiger partial charge in [0.05, 0.1) is 5.69 Å². The summed E-state index contributed by atoms with van der Waals surface area (Å²) in [4.78, 5) is 5.33. The highest BCUT2D eigenvalue weighted by Crippen LogP contribution is 2.24. The fourth-order valence-corrected chi connectivity index (χ4v) is 1.99. The molecule has 90 valence electrons. The van der Waals surface area contributed by atoms with Crippen LogP contribution in [0.3, 0.4) is 0 Å². The Bertz CT molecular complexity index is 480. The summed E-state index contributed by atoms with van der Waals surface area (Å²) >= 11 is 1.47. The molecule has 0 saturated heterocycles. The molecule has 0 aliphatic heterocycles. The monoisotopic (exact) mass is 250 g/mol. The largest absolute Gasteiger partial charge is 0.323 e. The van der Waals surface area contributed by atoms with Crippen molar-refractivity contribution in [3.05, 3.63) is 24.0 Å². The molecule has 1 atom stereocenters. The summed E-state index contributed by atoms with van der Waals surface area (Å²) in [5.41, 5.74) is 6.81. The van der Waals surface area contributed by atoms with Crippen molar-refractivity contribution in [3.8, 4) is 0 Å².